The number of nitriles is 1. The molecule has 2 atom stereocenters. The Morgan fingerprint density at radius 3 is 2.47 bits per heavy atom. The van der Waals surface area contributed by atoms with Crippen LogP contribution in [-0.4, -0.2) is 13.2 Å². The Bertz CT molecular complexity index is 574. The van der Waals surface area contributed by atoms with E-state index in [1.165, 1.54) is 0 Å². The van der Waals surface area contributed by atoms with Crippen LogP contribution in [0.25, 0.3) is 0 Å². The van der Waals surface area contributed by atoms with Gasteiger partial charge in [-0.2, -0.15) is 5.26 Å². The summed E-state index contributed by atoms with van der Waals surface area (Å²) >= 11 is 3.26. The lowest BCUT2D eigenvalue weighted by molar-refractivity contribution is 0.581. The maximum absolute atomic E-state index is 12.4. The van der Waals surface area contributed by atoms with Crippen molar-refractivity contribution in [2.24, 2.45) is 5.92 Å². The van der Waals surface area contributed by atoms with E-state index < -0.39 is 14.6 Å². The minimum atomic E-state index is -3.54. The van der Waals surface area contributed by atoms with Crippen LogP contribution in [0.3, 0.4) is 0 Å². The number of rotatable bonds is 3. The van der Waals surface area contributed by atoms with Gasteiger partial charge in [-0.1, -0.05) is 29.3 Å². The number of halogens is 1. The topological polar surface area (TPSA) is 57.9 Å². The lowest BCUT2D eigenvalue weighted by Crippen LogP contribution is -2.24. The molecular weight excluding hydrogens is 302 g/mol. The van der Waals surface area contributed by atoms with Crippen LogP contribution in [0, 0.1) is 17.2 Å². The van der Waals surface area contributed by atoms with Crippen molar-refractivity contribution in [3.8, 4) is 6.07 Å². The van der Waals surface area contributed by atoms with E-state index in [1.54, 1.807) is 24.3 Å². The molecule has 1 aromatic carbocycles. The normalized spacial score (nSPS) is 27.5. The van der Waals surface area contributed by atoms with E-state index in [4.69, 9.17) is 0 Å². The number of hydrogen-bond acceptors (Lipinski definition) is 3. The molecule has 1 fully saturated rings. The maximum Gasteiger partial charge on any atom is 0.197 e. The first-order chi connectivity index (χ1) is 7.98. The van der Waals surface area contributed by atoms with Gasteiger partial charge in [-0.05, 0) is 36.6 Å². The maximum atomic E-state index is 12.4. The first kappa shape index (κ1) is 12.6. The van der Waals surface area contributed by atoms with Gasteiger partial charge in [-0.25, -0.2) is 8.42 Å². The molecule has 5 heteroatoms. The van der Waals surface area contributed by atoms with Crippen LogP contribution in [0.4, 0.5) is 0 Å². The fourth-order valence-corrected chi connectivity index (χ4v) is 4.46. The second kappa shape index (κ2) is 4.11. The molecular formula is C12H12BrNO2S. The van der Waals surface area contributed by atoms with Gasteiger partial charge in [0.15, 0.2) is 14.6 Å². The number of benzene rings is 1. The predicted octanol–water partition coefficient (Wildman–Crippen LogP) is 2.92. The summed E-state index contributed by atoms with van der Waals surface area (Å²) in [5, 5.41) is 9.17. The summed E-state index contributed by atoms with van der Waals surface area (Å²) in [5.41, 5.74) is 0. The van der Waals surface area contributed by atoms with Crippen molar-refractivity contribution in [2.75, 3.05) is 0 Å². The Labute approximate surface area is 110 Å². The van der Waals surface area contributed by atoms with Crippen LogP contribution in [0.1, 0.15) is 19.8 Å². The Morgan fingerprint density at radius 1 is 1.47 bits per heavy atom. The molecule has 1 aromatic rings. The van der Waals surface area contributed by atoms with Crippen LogP contribution >= 0.6 is 15.9 Å². The molecule has 2 rings (SSSR count). The average Bonchev–Trinajstić information content (AvgIpc) is 3.05. The number of nitrogens with zero attached hydrogens (tertiary/aromatic N) is 1. The Balaban J connectivity index is 2.45. The minimum absolute atomic E-state index is 0.0267. The Kier molecular flexibility index (Phi) is 3.04. The molecule has 0 heterocycles. The van der Waals surface area contributed by atoms with Gasteiger partial charge in [-0.15, -0.1) is 0 Å². The van der Waals surface area contributed by atoms with Crippen LogP contribution in [0.15, 0.2) is 33.6 Å². The van der Waals surface area contributed by atoms with Gasteiger partial charge in [0.2, 0.25) is 0 Å². The van der Waals surface area contributed by atoms with Crippen LogP contribution in [0.2, 0.25) is 0 Å². The molecule has 0 amide bonds. The average molecular weight is 314 g/mol. The van der Waals surface area contributed by atoms with Crippen LogP contribution in [-0.2, 0) is 9.84 Å². The summed E-state index contributed by atoms with van der Waals surface area (Å²) in [5.74, 6) is -0.0267. The fourth-order valence-electron chi connectivity index (χ4n) is 2.13. The van der Waals surface area contributed by atoms with Crippen molar-refractivity contribution in [3.05, 3.63) is 28.7 Å². The van der Waals surface area contributed by atoms with Crippen LogP contribution < -0.4 is 0 Å². The smallest absolute Gasteiger partial charge is 0.197 e. The second-order valence-electron chi connectivity index (χ2n) is 4.27. The quantitative estimate of drug-likeness (QED) is 0.862. The molecule has 0 saturated heterocycles. The molecule has 0 spiro atoms. The van der Waals surface area contributed by atoms with Crippen molar-refractivity contribution in [1.82, 2.24) is 0 Å². The molecule has 1 aliphatic rings. The first-order valence-electron chi connectivity index (χ1n) is 5.39. The van der Waals surface area contributed by atoms with E-state index >= 15 is 0 Å². The molecule has 0 bridgehead atoms. The van der Waals surface area contributed by atoms with Crippen molar-refractivity contribution >= 4 is 25.8 Å². The van der Waals surface area contributed by atoms with E-state index in [2.05, 4.69) is 15.9 Å². The summed E-state index contributed by atoms with van der Waals surface area (Å²) < 4.78 is 24.4. The van der Waals surface area contributed by atoms with E-state index in [9.17, 15) is 13.7 Å². The lowest BCUT2D eigenvalue weighted by Gasteiger charge is -2.10. The number of hydrogen-bond donors (Lipinski definition) is 0. The lowest BCUT2D eigenvalue weighted by atomic mass is 10.3. The van der Waals surface area contributed by atoms with Gasteiger partial charge >= 0.3 is 0 Å². The third-order valence-electron chi connectivity index (χ3n) is 3.33. The summed E-state index contributed by atoms with van der Waals surface area (Å²) in [6.07, 6.45) is 1.18. The van der Waals surface area contributed by atoms with Gasteiger partial charge in [0.05, 0.1) is 11.0 Å². The third-order valence-corrected chi connectivity index (χ3v) is 6.31. The Morgan fingerprint density at radius 2 is 2.06 bits per heavy atom. The molecule has 3 nitrogen and oxygen atoms in total. The summed E-state index contributed by atoms with van der Waals surface area (Å²) in [4.78, 5) is 0.234. The SMILES string of the molecule is CCC1CC1(C#N)S(=O)(=O)c1ccc(Br)cc1. The summed E-state index contributed by atoms with van der Waals surface area (Å²) in [6, 6.07) is 8.46. The monoisotopic (exact) mass is 313 g/mol. The highest BCUT2D eigenvalue weighted by Gasteiger charge is 2.64. The van der Waals surface area contributed by atoms with Crippen molar-refractivity contribution in [3.63, 3.8) is 0 Å². The standard InChI is InChI=1S/C12H12BrNO2S/c1-2-9-7-12(9,8-14)17(15,16)11-5-3-10(13)4-6-11/h3-6,9H,2,7H2,1H3. The van der Waals surface area contributed by atoms with Crippen molar-refractivity contribution in [1.29, 1.82) is 5.26 Å². The molecule has 1 saturated carbocycles. The summed E-state index contributed by atoms with van der Waals surface area (Å²) in [6.45, 7) is 1.92. The van der Waals surface area contributed by atoms with E-state index in [0.29, 0.717) is 6.42 Å². The zero-order chi connectivity index (χ0) is 12.7. The molecule has 1 aliphatic carbocycles. The highest BCUT2D eigenvalue weighted by molar-refractivity contribution is 9.10. The molecule has 2 unspecified atom stereocenters. The van der Waals surface area contributed by atoms with E-state index in [1.807, 2.05) is 13.0 Å². The van der Waals surface area contributed by atoms with Gasteiger partial charge in [0.25, 0.3) is 0 Å². The third kappa shape index (κ3) is 1.80. The first-order valence-corrected chi connectivity index (χ1v) is 7.67. The van der Waals surface area contributed by atoms with Gasteiger partial charge in [0, 0.05) is 4.47 Å². The van der Waals surface area contributed by atoms with Crippen LogP contribution in [0.5, 0.6) is 0 Å². The highest BCUT2D eigenvalue weighted by Crippen LogP contribution is 2.53. The van der Waals surface area contributed by atoms with Crippen molar-refractivity contribution < 1.29 is 8.42 Å². The minimum Gasteiger partial charge on any atom is -0.222 e. The van der Waals surface area contributed by atoms with Gasteiger partial charge in [0.1, 0.15) is 0 Å². The fraction of sp³-hybridized carbons (Fsp3) is 0.417. The van der Waals surface area contributed by atoms with Crippen molar-refractivity contribution in [2.45, 2.75) is 29.4 Å². The zero-order valence-corrected chi connectivity index (χ0v) is 11.8. The number of sulfone groups is 1. The second-order valence-corrected chi connectivity index (χ2v) is 7.39. The van der Waals surface area contributed by atoms with E-state index in [-0.39, 0.29) is 10.8 Å². The molecule has 17 heavy (non-hydrogen) atoms. The molecule has 0 N–H and O–H groups in total. The predicted molar refractivity (Wildman–Crippen MR) is 68.1 cm³/mol. The van der Waals surface area contributed by atoms with Gasteiger partial charge in [-0.3, -0.25) is 0 Å². The van der Waals surface area contributed by atoms with E-state index in [0.717, 1.165) is 10.9 Å². The summed E-state index contributed by atoms with van der Waals surface area (Å²) in [7, 11) is -3.54. The molecule has 90 valence electrons. The molecule has 0 radical (unpaired) electrons. The Hall–Kier alpha value is -0.860. The zero-order valence-electron chi connectivity index (χ0n) is 9.35. The largest absolute Gasteiger partial charge is 0.222 e. The molecule has 0 aliphatic heterocycles. The van der Waals surface area contributed by atoms with Gasteiger partial charge < -0.3 is 0 Å². The molecule has 0 aromatic heterocycles. The highest BCUT2D eigenvalue weighted by atomic mass is 79.9.